The standard InChI is InChI=1S/C21H21N5/c1-21(26-14-13-23-15-26)24-19(17-11-7-4-8-12-17)18(20(22)25(21)2)16-9-5-3-6-10-16/h3-15H,22H2,1-2H3. The summed E-state index contributed by atoms with van der Waals surface area (Å²) < 4.78 is 1.96. The minimum Gasteiger partial charge on any atom is -0.385 e. The fourth-order valence-corrected chi connectivity index (χ4v) is 3.29. The van der Waals surface area contributed by atoms with Gasteiger partial charge in [-0.05, 0) is 12.5 Å². The fraction of sp³-hybridized carbons (Fsp3) is 0.143. The summed E-state index contributed by atoms with van der Waals surface area (Å²) in [5.41, 5.74) is 10.6. The van der Waals surface area contributed by atoms with Crippen LogP contribution in [0.15, 0.2) is 90.2 Å². The second-order valence-electron chi connectivity index (χ2n) is 6.45. The van der Waals surface area contributed by atoms with Crippen LogP contribution >= 0.6 is 0 Å². The Morgan fingerprint density at radius 3 is 2.12 bits per heavy atom. The summed E-state index contributed by atoms with van der Waals surface area (Å²) >= 11 is 0. The van der Waals surface area contributed by atoms with E-state index in [0.717, 1.165) is 22.4 Å². The van der Waals surface area contributed by atoms with E-state index in [2.05, 4.69) is 29.2 Å². The molecule has 0 amide bonds. The normalized spacial score (nSPS) is 20.2. The molecular formula is C21H21N5. The molecule has 1 aromatic heterocycles. The molecule has 0 saturated carbocycles. The maximum Gasteiger partial charge on any atom is 0.213 e. The third-order valence-electron chi connectivity index (χ3n) is 4.92. The zero-order chi connectivity index (χ0) is 18.1. The third kappa shape index (κ3) is 2.49. The highest BCUT2D eigenvalue weighted by atomic mass is 15.5. The zero-order valence-electron chi connectivity index (χ0n) is 14.9. The van der Waals surface area contributed by atoms with E-state index in [1.807, 2.05) is 66.0 Å². The Kier molecular flexibility index (Phi) is 3.84. The number of nitrogens with zero attached hydrogens (tertiary/aromatic N) is 4. The van der Waals surface area contributed by atoms with Gasteiger partial charge in [0.25, 0.3) is 0 Å². The summed E-state index contributed by atoms with van der Waals surface area (Å²) in [4.78, 5) is 11.3. The molecule has 2 aromatic carbocycles. The first-order valence-electron chi connectivity index (χ1n) is 8.54. The lowest BCUT2D eigenvalue weighted by Gasteiger charge is -2.42. The molecule has 0 radical (unpaired) electrons. The van der Waals surface area contributed by atoms with Crippen LogP contribution in [0.25, 0.3) is 5.57 Å². The number of aliphatic imine (C=N–C) groups is 1. The predicted molar refractivity (Wildman–Crippen MR) is 104 cm³/mol. The van der Waals surface area contributed by atoms with Crippen molar-refractivity contribution in [1.29, 1.82) is 0 Å². The van der Waals surface area contributed by atoms with E-state index in [4.69, 9.17) is 10.7 Å². The lowest BCUT2D eigenvalue weighted by molar-refractivity contribution is 0.103. The first-order valence-corrected chi connectivity index (χ1v) is 8.54. The van der Waals surface area contributed by atoms with Gasteiger partial charge in [0.2, 0.25) is 5.79 Å². The smallest absolute Gasteiger partial charge is 0.213 e. The summed E-state index contributed by atoms with van der Waals surface area (Å²) in [7, 11) is 1.96. The van der Waals surface area contributed by atoms with Crippen LogP contribution in [-0.2, 0) is 5.79 Å². The van der Waals surface area contributed by atoms with Gasteiger partial charge in [0.15, 0.2) is 0 Å². The minimum atomic E-state index is -0.690. The van der Waals surface area contributed by atoms with Gasteiger partial charge >= 0.3 is 0 Å². The molecular weight excluding hydrogens is 322 g/mol. The number of imidazole rings is 1. The van der Waals surface area contributed by atoms with Crippen LogP contribution in [0.2, 0.25) is 0 Å². The number of allylic oxidation sites excluding steroid dienone is 1. The molecule has 5 nitrogen and oxygen atoms in total. The molecule has 0 fully saturated rings. The van der Waals surface area contributed by atoms with Crippen LogP contribution in [0.1, 0.15) is 18.1 Å². The predicted octanol–water partition coefficient (Wildman–Crippen LogP) is 3.28. The Morgan fingerprint density at radius 1 is 0.923 bits per heavy atom. The summed E-state index contributed by atoms with van der Waals surface area (Å²) in [6.45, 7) is 2.03. The van der Waals surface area contributed by atoms with Gasteiger partial charge < -0.3 is 10.6 Å². The Hall–Kier alpha value is -3.34. The molecule has 130 valence electrons. The van der Waals surface area contributed by atoms with Crippen LogP contribution in [0.3, 0.4) is 0 Å². The molecule has 2 N–H and O–H groups in total. The van der Waals surface area contributed by atoms with E-state index in [-0.39, 0.29) is 0 Å². The van der Waals surface area contributed by atoms with Gasteiger partial charge in [-0.3, -0.25) is 4.57 Å². The van der Waals surface area contributed by atoms with Crippen LogP contribution in [0.5, 0.6) is 0 Å². The van der Waals surface area contributed by atoms with Crippen molar-refractivity contribution >= 4 is 11.3 Å². The maximum atomic E-state index is 6.65. The van der Waals surface area contributed by atoms with Crippen molar-refractivity contribution in [3.8, 4) is 0 Å². The summed E-state index contributed by atoms with van der Waals surface area (Å²) in [6.07, 6.45) is 5.43. The van der Waals surface area contributed by atoms with Crippen molar-refractivity contribution in [2.75, 3.05) is 7.05 Å². The summed E-state index contributed by atoms with van der Waals surface area (Å²) in [5, 5.41) is 0. The second-order valence-corrected chi connectivity index (χ2v) is 6.45. The van der Waals surface area contributed by atoms with E-state index in [1.54, 1.807) is 12.5 Å². The maximum absolute atomic E-state index is 6.65. The Labute approximate surface area is 153 Å². The van der Waals surface area contributed by atoms with Crippen molar-refractivity contribution in [3.63, 3.8) is 0 Å². The van der Waals surface area contributed by atoms with Gasteiger partial charge in [0.05, 0.1) is 12.0 Å². The van der Waals surface area contributed by atoms with Crippen LogP contribution < -0.4 is 5.73 Å². The Balaban J connectivity index is 1.97. The van der Waals surface area contributed by atoms with Crippen molar-refractivity contribution in [3.05, 3.63) is 96.3 Å². The molecule has 2 heterocycles. The van der Waals surface area contributed by atoms with Crippen LogP contribution in [0, 0.1) is 0 Å². The topological polar surface area (TPSA) is 59.4 Å². The number of hydrogen-bond acceptors (Lipinski definition) is 4. The first-order chi connectivity index (χ1) is 12.6. The number of hydrogen-bond donors (Lipinski definition) is 1. The molecule has 5 heteroatoms. The molecule has 1 atom stereocenters. The minimum absolute atomic E-state index is 0.682. The molecule has 3 aromatic rings. The van der Waals surface area contributed by atoms with Gasteiger partial charge in [-0.1, -0.05) is 60.7 Å². The van der Waals surface area contributed by atoms with Crippen molar-refractivity contribution in [1.82, 2.24) is 14.5 Å². The molecule has 26 heavy (non-hydrogen) atoms. The Bertz CT molecular complexity index is 958. The third-order valence-corrected chi connectivity index (χ3v) is 4.92. The summed E-state index contributed by atoms with van der Waals surface area (Å²) in [5.74, 6) is -0.00872. The van der Waals surface area contributed by atoms with Crippen LogP contribution in [0.4, 0.5) is 0 Å². The van der Waals surface area contributed by atoms with Gasteiger partial charge in [0, 0.05) is 30.6 Å². The van der Waals surface area contributed by atoms with Crippen molar-refractivity contribution in [2.45, 2.75) is 12.7 Å². The van der Waals surface area contributed by atoms with E-state index in [9.17, 15) is 0 Å². The largest absolute Gasteiger partial charge is 0.385 e. The van der Waals surface area contributed by atoms with Gasteiger partial charge in [-0.2, -0.15) is 0 Å². The molecule has 1 aliphatic heterocycles. The van der Waals surface area contributed by atoms with E-state index in [0.29, 0.717) is 5.82 Å². The van der Waals surface area contributed by atoms with E-state index >= 15 is 0 Å². The highest BCUT2D eigenvalue weighted by molar-refractivity contribution is 6.32. The van der Waals surface area contributed by atoms with E-state index < -0.39 is 5.79 Å². The number of rotatable bonds is 3. The fourth-order valence-electron chi connectivity index (χ4n) is 3.29. The molecule has 0 spiro atoms. The molecule has 1 unspecified atom stereocenters. The van der Waals surface area contributed by atoms with Crippen molar-refractivity contribution in [2.24, 2.45) is 10.7 Å². The monoisotopic (exact) mass is 343 g/mol. The average Bonchev–Trinajstić information content (AvgIpc) is 3.23. The lowest BCUT2D eigenvalue weighted by Crippen LogP contribution is -2.49. The average molecular weight is 343 g/mol. The van der Waals surface area contributed by atoms with Crippen molar-refractivity contribution < 1.29 is 0 Å². The van der Waals surface area contributed by atoms with Gasteiger partial charge in [-0.25, -0.2) is 9.98 Å². The van der Waals surface area contributed by atoms with Gasteiger partial charge in [-0.15, -0.1) is 0 Å². The number of benzene rings is 2. The highest BCUT2D eigenvalue weighted by Crippen LogP contribution is 2.36. The molecule has 0 saturated heterocycles. The number of aromatic nitrogens is 2. The second kappa shape index (κ2) is 6.19. The number of nitrogens with two attached hydrogens (primary N) is 1. The Morgan fingerprint density at radius 2 is 1.54 bits per heavy atom. The SMILES string of the molecule is CN1C(N)=C(c2ccccc2)C(c2ccccc2)=NC1(C)n1ccnc1. The zero-order valence-corrected chi connectivity index (χ0v) is 14.9. The quantitative estimate of drug-likeness (QED) is 0.794. The van der Waals surface area contributed by atoms with E-state index in [1.165, 1.54) is 0 Å². The highest BCUT2D eigenvalue weighted by Gasteiger charge is 2.38. The van der Waals surface area contributed by atoms with Gasteiger partial charge in [0.1, 0.15) is 5.82 Å². The molecule has 1 aliphatic rings. The molecule has 0 bridgehead atoms. The molecule has 4 rings (SSSR count). The molecule has 0 aliphatic carbocycles. The van der Waals surface area contributed by atoms with Crippen LogP contribution in [-0.4, -0.2) is 27.2 Å². The lowest BCUT2D eigenvalue weighted by atomic mass is 9.93. The summed E-state index contributed by atoms with van der Waals surface area (Å²) in [6, 6.07) is 20.3. The first kappa shape index (κ1) is 16.1.